The number of phenolic OH excluding ortho intramolecular Hbond substituents is 1. The van der Waals surface area contributed by atoms with Crippen molar-refractivity contribution in [3.05, 3.63) is 58.3 Å². The van der Waals surface area contributed by atoms with Gasteiger partial charge in [0.15, 0.2) is 5.58 Å². The van der Waals surface area contributed by atoms with Crippen molar-refractivity contribution in [2.75, 3.05) is 5.32 Å². The van der Waals surface area contributed by atoms with Crippen molar-refractivity contribution in [2.45, 2.75) is 6.54 Å². The fourth-order valence-electron chi connectivity index (χ4n) is 2.00. The number of hydrogen-bond donors (Lipinski definition) is 3. The van der Waals surface area contributed by atoms with Crippen molar-refractivity contribution in [2.24, 2.45) is 0 Å². The van der Waals surface area contributed by atoms with E-state index in [0.29, 0.717) is 23.2 Å². The molecule has 0 aliphatic heterocycles. The van der Waals surface area contributed by atoms with Crippen molar-refractivity contribution in [1.82, 2.24) is 4.98 Å². The lowest BCUT2D eigenvalue weighted by molar-refractivity contribution is 0.468. The summed E-state index contributed by atoms with van der Waals surface area (Å²) >= 11 is 0. The highest BCUT2D eigenvalue weighted by atomic mass is 19.1. The number of aromatic nitrogens is 1. The molecule has 20 heavy (non-hydrogen) atoms. The average molecular weight is 274 g/mol. The number of anilines is 1. The molecule has 1 heterocycles. The van der Waals surface area contributed by atoms with Gasteiger partial charge in [-0.15, -0.1) is 0 Å². The normalized spacial score (nSPS) is 10.8. The van der Waals surface area contributed by atoms with Crippen LogP contribution in [0.2, 0.25) is 0 Å². The first kappa shape index (κ1) is 12.3. The van der Waals surface area contributed by atoms with Gasteiger partial charge >= 0.3 is 5.76 Å². The summed E-state index contributed by atoms with van der Waals surface area (Å²) in [7, 11) is 0. The fourth-order valence-corrected chi connectivity index (χ4v) is 2.00. The van der Waals surface area contributed by atoms with E-state index in [1.54, 1.807) is 18.2 Å². The number of fused-ring (bicyclic) bond motifs is 1. The molecular formula is C14H11FN2O3. The van der Waals surface area contributed by atoms with E-state index in [1.807, 2.05) is 0 Å². The van der Waals surface area contributed by atoms with Gasteiger partial charge in [-0.05, 0) is 35.9 Å². The van der Waals surface area contributed by atoms with Crippen LogP contribution in [0.25, 0.3) is 11.1 Å². The number of H-pyrrole nitrogens is 1. The highest BCUT2D eigenvalue weighted by Crippen LogP contribution is 2.19. The number of benzene rings is 2. The van der Waals surface area contributed by atoms with Crippen LogP contribution in [-0.4, -0.2) is 10.1 Å². The number of phenols is 1. The van der Waals surface area contributed by atoms with Crippen molar-refractivity contribution >= 4 is 16.8 Å². The number of aromatic hydroxyl groups is 1. The van der Waals surface area contributed by atoms with Gasteiger partial charge in [0, 0.05) is 18.3 Å². The monoisotopic (exact) mass is 274 g/mol. The molecule has 0 unspecified atom stereocenters. The molecule has 0 amide bonds. The van der Waals surface area contributed by atoms with E-state index >= 15 is 0 Å². The second-order valence-corrected chi connectivity index (χ2v) is 4.40. The third-order valence-electron chi connectivity index (χ3n) is 2.86. The summed E-state index contributed by atoms with van der Waals surface area (Å²) in [5.41, 5.74) is 2.42. The van der Waals surface area contributed by atoms with Gasteiger partial charge < -0.3 is 14.8 Å². The maximum Gasteiger partial charge on any atom is 0.417 e. The molecule has 0 fully saturated rings. The predicted octanol–water partition coefficient (Wildman–Crippen LogP) is 2.58. The molecule has 3 N–H and O–H groups in total. The smallest absolute Gasteiger partial charge is 0.417 e. The van der Waals surface area contributed by atoms with Gasteiger partial charge in [-0.3, -0.25) is 4.98 Å². The summed E-state index contributed by atoms with van der Waals surface area (Å²) in [6.45, 7) is 0.346. The number of rotatable bonds is 3. The van der Waals surface area contributed by atoms with E-state index in [2.05, 4.69) is 10.3 Å². The van der Waals surface area contributed by atoms with E-state index in [9.17, 15) is 14.3 Å². The van der Waals surface area contributed by atoms with Crippen LogP contribution in [0.15, 0.2) is 45.6 Å². The SMILES string of the molecule is O=c1[nH]c2cc(NCc3cc(O)cc(F)c3)ccc2o1. The first-order chi connectivity index (χ1) is 9.60. The van der Waals surface area contributed by atoms with E-state index in [0.717, 1.165) is 11.8 Å². The van der Waals surface area contributed by atoms with E-state index in [1.165, 1.54) is 12.1 Å². The predicted molar refractivity (Wildman–Crippen MR) is 72.2 cm³/mol. The molecule has 3 aromatic rings. The first-order valence-corrected chi connectivity index (χ1v) is 5.95. The van der Waals surface area contributed by atoms with E-state index in [4.69, 9.17) is 4.42 Å². The molecule has 3 rings (SSSR count). The first-order valence-electron chi connectivity index (χ1n) is 5.95. The Kier molecular flexibility index (Phi) is 2.90. The summed E-state index contributed by atoms with van der Waals surface area (Å²) in [6, 6.07) is 9.00. The van der Waals surface area contributed by atoms with Gasteiger partial charge in [-0.1, -0.05) is 0 Å². The Bertz CT molecular complexity index is 802. The lowest BCUT2D eigenvalue weighted by Crippen LogP contribution is -1.99. The van der Waals surface area contributed by atoms with Crippen molar-refractivity contribution in [1.29, 1.82) is 0 Å². The second-order valence-electron chi connectivity index (χ2n) is 4.40. The highest BCUT2D eigenvalue weighted by Gasteiger charge is 2.03. The van der Waals surface area contributed by atoms with E-state index in [-0.39, 0.29) is 5.75 Å². The average Bonchev–Trinajstić information content (AvgIpc) is 2.74. The van der Waals surface area contributed by atoms with Crippen molar-refractivity contribution in [3.63, 3.8) is 0 Å². The van der Waals surface area contributed by atoms with Gasteiger partial charge in [-0.25, -0.2) is 9.18 Å². The number of oxazole rings is 1. The summed E-state index contributed by atoms with van der Waals surface area (Å²) in [6.07, 6.45) is 0. The minimum atomic E-state index is -0.507. The Labute approximate surface area is 112 Å². The molecule has 0 aliphatic rings. The van der Waals surface area contributed by atoms with Crippen molar-refractivity contribution < 1.29 is 13.9 Å². The minimum Gasteiger partial charge on any atom is -0.508 e. The minimum absolute atomic E-state index is 0.114. The summed E-state index contributed by atoms with van der Waals surface area (Å²) in [4.78, 5) is 13.6. The van der Waals surface area contributed by atoms with Crippen LogP contribution >= 0.6 is 0 Å². The standard InChI is InChI=1S/C14H11FN2O3/c15-9-3-8(4-11(18)5-9)7-16-10-1-2-13-12(6-10)17-14(19)20-13/h1-6,16,18H,7H2,(H,17,19). The second kappa shape index (κ2) is 4.73. The van der Waals surface area contributed by atoms with Crippen LogP contribution in [-0.2, 0) is 6.54 Å². The molecule has 0 saturated carbocycles. The Morgan fingerprint density at radius 2 is 2.10 bits per heavy atom. The lowest BCUT2D eigenvalue weighted by atomic mass is 10.2. The quantitative estimate of drug-likeness (QED) is 0.686. The number of nitrogens with one attached hydrogen (secondary N) is 2. The molecule has 2 aromatic carbocycles. The molecule has 6 heteroatoms. The topological polar surface area (TPSA) is 78.3 Å². The van der Waals surface area contributed by atoms with Gasteiger partial charge in [0.25, 0.3) is 0 Å². The van der Waals surface area contributed by atoms with Crippen molar-refractivity contribution in [3.8, 4) is 5.75 Å². The molecule has 1 aromatic heterocycles. The molecule has 0 aliphatic carbocycles. The zero-order valence-corrected chi connectivity index (χ0v) is 10.3. The van der Waals surface area contributed by atoms with Gasteiger partial charge in [0.05, 0.1) is 5.52 Å². The summed E-state index contributed by atoms with van der Waals surface area (Å²) in [5, 5.41) is 12.4. The number of hydrogen-bond acceptors (Lipinski definition) is 4. The largest absolute Gasteiger partial charge is 0.508 e. The fraction of sp³-hybridized carbons (Fsp3) is 0.0714. The van der Waals surface area contributed by atoms with Crippen LogP contribution in [0, 0.1) is 5.82 Å². The Morgan fingerprint density at radius 1 is 1.25 bits per heavy atom. The van der Waals surface area contributed by atoms with Crippen LogP contribution in [0.4, 0.5) is 10.1 Å². The molecule has 0 saturated heterocycles. The zero-order chi connectivity index (χ0) is 14.1. The Hall–Kier alpha value is -2.76. The van der Waals surface area contributed by atoms with Crippen LogP contribution in [0.1, 0.15) is 5.56 Å². The molecule has 102 valence electrons. The van der Waals surface area contributed by atoms with Gasteiger partial charge in [0.2, 0.25) is 0 Å². The van der Waals surface area contributed by atoms with Gasteiger partial charge in [-0.2, -0.15) is 0 Å². The highest BCUT2D eigenvalue weighted by molar-refractivity contribution is 5.76. The number of aromatic amines is 1. The molecule has 5 nitrogen and oxygen atoms in total. The molecule has 0 radical (unpaired) electrons. The molecule has 0 bridgehead atoms. The number of halogens is 1. The third-order valence-corrected chi connectivity index (χ3v) is 2.86. The maximum atomic E-state index is 13.1. The maximum absolute atomic E-state index is 13.1. The van der Waals surface area contributed by atoms with Crippen LogP contribution < -0.4 is 11.1 Å². The summed E-state index contributed by atoms with van der Waals surface area (Å²) < 4.78 is 18.0. The third kappa shape index (κ3) is 2.49. The van der Waals surface area contributed by atoms with Crippen LogP contribution in [0.5, 0.6) is 5.75 Å². The Balaban J connectivity index is 1.80. The zero-order valence-electron chi connectivity index (χ0n) is 10.3. The molecule has 0 atom stereocenters. The van der Waals surface area contributed by atoms with Gasteiger partial charge in [0.1, 0.15) is 11.6 Å². The Morgan fingerprint density at radius 3 is 2.90 bits per heavy atom. The molecular weight excluding hydrogens is 263 g/mol. The molecule has 0 spiro atoms. The van der Waals surface area contributed by atoms with Crippen LogP contribution in [0.3, 0.4) is 0 Å². The summed E-state index contributed by atoms with van der Waals surface area (Å²) in [5.74, 6) is -1.11. The van der Waals surface area contributed by atoms with E-state index < -0.39 is 11.6 Å². The lowest BCUT2D eigenvalue weighted by Gasteiger charge is -2.07.